The van der Waals surface area contributed by atoms with Crippen LogP contribution in [-0.4, -0.2) is 41.1 Å². The van der Waals surface area contributed by atoms with Crippen LogP contribution in [0.5, 0.6) is 0 Å². The van der Waals surface area contributed by atoms with Crippen molar-refractivity contribution in [2.45, 2.75) is 45.3 Å². The van der Waals surface area contributed by atoms with Crippen LogP contribution in [0.15, 0.2) is 0 Å². The van der Waals surface area contributed by atoms with Crippen LogP contribution >= 0.6 is 0 Å². The van der Waals surface area contributed by atoms with Gasteiger partial charge >= 0.3 is 0 Å². The maximum absolute atomic E-state index is 9.77. The Morgan fingerprint density at radius 2 is 2.13 bits per heavy atom. The van der Waals surface area contributed by atoms with Crippen molar-refractivity contribution in [3.8, 4) is 0 Å². The van der Waals surface area contributed by atoms with Gasteiger partial charge in [-0.25, -0.2) is 5.01 Å². The largest absolute Gasteiger partial charge is 0.384 e. The van der Waals surface area contributed by atoms with Crippen molar-refractivity contribution < 1.29 is 5.11 Å². The zero-order chi connectivity index (χ0) is 11.6. The normalized spacial score (nSPS) is 19.3. The highest BCUT2D eigenvalue weighted by Crippen LogP contribution is 2.30. The van der Waals surface area contributed by atoms with Crippen molar-refractivity contribution >= 4 is 5.71 Å². The van der Waals surface area contributed by atoms with Gasteiger partial charge in [0.15, 0.2) is 0 Å². The molecule has 0 amide bonds. The van der Waals surface area contributed by atoms with Gasteiger partial charge in [-0.1, -0.05) is 0 Å². The lowest BCUT2D eigenvalue weighted by atomic mass is 9.97. The van der Waals surface area contributed by atoms with Crippen LogP contribution in [0.25, 0.3) is 0 Å². The molecule has 1 aliphatic rings. The van der Waals surface area contributed by atoms with Gasteiger partial charge in [-0.05, 0) is 46.6 Å². The Balaban J connectivity index is 2.54. The van der Waals surface area contributed by atoms with Crippen LogP contribution in [-0.2, 0) is 0 Å². The minimum absolute atomic E-state index is 0.0596. The van der Waals surface area contributed by atoms with Crippen LogP contribution in [0.2, 0.25) is 0 Å². The average Bonchev–Trinajstić information content (AvgIpc) is 2.94. The second kappa shape index (κ2) is 4.60. The molecular formula is C11H23N3O. The summed E-state index contributed by atoms with van der Waals surface area (Å²) < 4.78 is 0. The van der Waals surface area contributed by atoms with Crippen molar-refractivity contribution in [2.75, 3.05) is 13.6 Å². The highest BCUT2D eigenvalue weighted by molar-refractivity contribution is 5.93. The lowest BCUT2D eigenvalue weighted by Gasteiger charge is -2.33. The lowest BCUT2D eigenvalue weighted by molar-refractivity contribution is 0.123. The second-order valence-corrected chi connectivity index (χ2v) is 4.97. The molecular weight excluding hydrogens is 190 g/mol. The molecule has 4 heteroatoms. The summed E-state index contributed by atoms with van der Waals surface area (Å²) in [6.45, 7) is 6.25. The molecule has 0 spiro atoms. The summed E-state index contributed by atoms with van der Waals surface area (Å²) in [5, 5.41) is 19.7. The fraction of sp³-hybridized carbons (Fsp3) is 0.909. The molecule has 3 N–H and O–H groups in total. The predicted molar refractivity (Wildman–Crippen MR) is 62.0 cm³/mol. The first kappa shape index (κ1) is 12.6. The molecule has 0 aromatic heterocycles. The molecule has 1 saturated carbocycles. The minimum atomic E-state index is -1.03. The number of hydrogen-bond donors (Lipinski definition) is 3. The maximum Gasteiger partial charge on any atom is 0.0980 e. The lowest BCUT2D eigenvalue weighted by Crippen LogP contribution is -2.52. The van der Waals surface area contributed by atoms with E-state index >= 15 is 0 Å². The van der Waals surface area contributed by atoms with Crippen LogP contribution in [0.1, 0.15) is 33.6 Å². The van der Waals surface area contributed by atoms with Gasteiger partial charge in [0.1, 0.15) is 0 Å². The van der Waals surface area contributed by atoms with E-state index in [4.69, 9.17) is 5.41 Å². The van der Waals surface area contributed by atoms with E-state index in [0.29, 0.717) is 5.71 Å². The number of aliphatic hydroxyl groups is 1. The van der Waals surface area contributed by atoms with E-state index in [9.17, 15) is 5.11 Å². The van der Waals surface area contributed by atoms with Crippen molar-refractivity contribution in [3.63, 3.8) is 0 Å². The fourth-order valence-corrected chi connectivity index (χ4v) is 1.69. The second-order valence-electron chi connectivity index (χ2n) is 4.97. The summed E-state index contributed by atoms with van der Waals surface area (Å²) in [5.41, 5.74) is 2.44. The zero-order valence-corrected chi connectivity index (χ0v) is 10.2. The Hall–Kier alpha value is -0.450. The summed E-state index contributed by atoms with van der Waals surface area (Å²) in [4.78, 5) is 0. The van der Waals surface area contributed by atoms with Gasteiger partial charge in [0.25, 0.3) is 0 Å². The maximum atomic E-state index is 9.77. The highest BCUT2D eigenvalue weighted by atomic mass is 16.3. The molecule has 88 valence electrons. The minimum Gasteiger partial charge on any atom is -0.384 e. The van der Waals surface area contributed by atoms with Crippen molar-refractivity contribution in [2.24, 2.45) is 5.92 Å². The Morgan fingerprint density at radius 1 is 1.60 bits per heavy atom. The third-order valence-corrected chi connectivity index (χ3v) is 2.98. The van der Waals surface area contributed by atoms with Crippen LogP contribution in [0.4, 0.5) is 0 Å². The molecule has 0 unspecified atom stereocenters. The molecule has 4 nitrogen and oxygen atoms in total. The third kappa shape index (κ3) is 3.55. The number of rotatable bonds is 6. The average molecular weight is 213 g/mol. The molecule has 0 aromatic carbocycles. The molecule has 1 rings (SSSR count). The van der Waals surface area contributed by atoms with Gasteiger partial charge in [0.2, 0.25) is 0 Å². The van der Waals surface area contributed by atoms with Crippen molar-refractivity contribution in [1.29, 1.82) is 5.41 Å². The number of nitrogens with one attached hydrogen (secondary N) is 2. The number of hydrazine groups is 1. The topological polar surface area (TPSA) is 59.4 Å². The summed E-state index contributed by atoms with van der Waals surface area (Å²) in [6, 6.07) is -0.0596. The van der Waals surface area contributed by atoms with Gasteiger partial charge < -0.3 is 10.5 Å². The fourth-order valence-electron chi connectivity index (χ4n) is 1.69. The predicted octanol–water partition coefficient (Wildman–Crippen LogP) is 1.01. The molecule has 0 heterocycles. The van der Waals surface area contributed by atoms with Gasteiger partial charge in [0, 0.05) is 6.54 Å². The Kier molecular flexibility index (Phi) is 3.87. The van der Waals surface area contributed by atoms with Crippen molar-refractivity contribution in [1.82, 2.24) is 10.4 Å². The van der Waals surface area contributed by atoms with E-state index in [0.717, 1.165) is 12.5 Å². The first-order valence-corrected chi connectivity index (χ1v) is 5.61. The van der Waals surface area contributed by atoms with Crippen LogP contribution < -0.4 is 5.43 Å². The van der Waals surface area contributed by atoms with E-state index in [1.807, 2.05) is 19.0 Å². The van der Waals surface area contributed by atoms with E-state index in [2.05, 4.69) is 5.43 Å². The van der Waals surface area contributed by atoms with Crippen molar-refractivity contribution in [3.05, 3.63) is 0 Å². The molecule has 0 aromatic rings. The van der Waals surface area contributed by atoms with Crippen LogP contribution in [0.3, 0.4) is 0 Å². The van der Waals surface area contributed by atoms with Gasteiger partial charge in [-0.3, -0.25) is 5.43 Å². The quantitative estimate of drug-likeness (QED) is 0.456. The molecule has 0 aliphatic heterocycles. The molecule has 0 radical (unpaired) electrons. The van der Waals surface area contributed by atoms with E-state index in [1.54, 1.807) is 13.8 Å². The van der Waals surface area contributed by atoms with Gasteiger partial charge in [-0.2, -0.15) is 0 Å². The molecule has 0 bridgehead atoms. The molecule has 15 heavy (non-hydrogen) atoms. The smallest absolute Gasteiger partial charge is 0.0980 e. The highest BCUT2D eigenvalue weighted by Gasteiger charge is 2.31. The Labute approximate surface area is 92.1 Å². The monoisotopic (exact) mass is 213 g/mol. The molecule has 1 fully saturated rings. The van der Waals surface area contributed by atoms with E-state index in [1.165, 1.54) is 12.8 Å². The zero-order valence-electron chi connectivity index (χ0n) is 10.2. The molecule has 1 aliphatic carbocycles. The standard InChI is InChI=1S/C11H23N3O/c1-8(10(12)11(2,3)15)14(13-4)7-9-5-6-9/h8-9,12-13,15H,5-7H2,1-4H3/t8-/m1/s1. The number of hydrogen-bond acceptors (Lipinski definition) is 4. The molecule has 0 saturated heterocycles. The van der Waals surface area contributed by atoms with E-state index < -0.39 is 5.60 Å². The summed E-state index contributed by atoms with van der Waals surface area (Å²) in [5.74, 6) is 0.773. The summed E-state index contributed by atoms with van der Waals surface area (Å²) >= 11 is 0. The Morgan fingerprint density at radius 3 is 2.47 bits per heavy atom. The molecule has 1 atom stereocenters. The Bertz CT molecular complexity index is 230. The number of nitrogens with zero attached hydrogens (tertiary/aromatic N) is 1. The van der Waals surface area contributed by atoms with E-state index in [-0.39, 0.29) is 6.04 Å². The first-order valence-electron chi connectivity index (χ1n) is 5.61. The summed E-state index contributed by atoms with van der Waals surface area (Å²) in [7, 11) is 1.87. The third-order valence-electron chi connectivity index (χ3n) is 2.98. The summed E-state index contributed by atoms with van der Waals surface area (Å²) in [6.07, 6.45) is 2.58. The SMILES string of the molecule is CNN(CC1CC1)[C@H](C)C(=N)C(C)(C)O. The van der Waals surface area contributed by atoms with Gasteiger partial charge in [-0.15, -0.1) is 0 Å². The van der Waals surface area contributed by atoms with Gasteiger partial charge in [0.05, 0.1) is 17.4 Å². The first-order chi connectivity index (χ1) is 6.86. The van der Waals surface area contributed by atoms with Crippen LogP contribution in [0, 0.1) is 11.3 Å².